The van der Waals surface area contributed by atoms with Crippen LogP contribution in [-0.2, 0) is 9.59 Å². The van der Waals surface area contributed by atoms with Gasteiger partial charge in [-0.25, -0.2) is 0 Å². The lowest BCUT2D eigenvalue weighted by atomic mass is 10.1. The lowest BCUT2D eigenvalue weighted by Crippen LogP contribution is -2.35. The van der Waals surface area contributed by atoms with E-state index in [1.54, 1.807) is 0 Å². The fourth-order valence-electron chi connectivity index (χ4n) is 2.30. The third kappa shape index (κ3) is 3.01. The minimum absolute atomic E-state index is 0.0863. The Bertz CT molecular complexity index is 467. The molecule has 0 aliphatic carbocycles. The number of amides is 2. The largest absolute Gasteiger partial charge is 0.313 e. The van der Waals surface area contributed by atoms with Crippen molar-refractivity contribution in [3.8, 4) is 0 Å². The van der Waals surface area contributed by atoms with Gasteiger partial charge in [0.25, 0.3) is 0 Å². The van der Waals surface area contributed by atoms with E-state index in [9.17, 15) is 9.59 Å². The van der Waals surface area contributed by atoms with Crippen LogP contribution in [0.15, 0.2) is 24.3 Å². The first-order chi connectivity index (χ1) is 9.13. The number of carbonyl (C=O) groups excluding carboxylic acids is 2. The Labute approximate surface area is 113 Å². The van der Waals surface area contributed by atoms with Crippen molar-refractivity contribution in [3.05, 3.63) is 29.8 Å². The van der Waals surface area contributed by atoms with Crippen molar-refractivity contribution in [2.75, 3.05) is 11.9 Å². The summed E-state index contributed by atoms with van der Waals surface area (Å²) in [4.78, 5) is 25.5. The highest BCUT2D eigenvalue weighted by atomic mass is 16.2. The maximum Gasteiger partial charge on any atom is 0.233 e. The number of imide groups is 1. The smallest absolute Gasteiger partial charge is 0.233 e. The van der Waals surface area contributed by atoms with Gasteiger partial charge in [-0.15, -0.1) is 0 Å². The Morgan fingerprint density at radius 2 is 1.79 bits per heavy atom. The van der Waals surface area contributed by atoms with Gasteiger partial charge in [0.15, 0.2) is 0 Å². The first kappa shape index (κ1) is 13.7. The van der Waals surface area contributed by atoms with Crippen LogP contribution in [0.2, 0.25) is 0 Å². The van der Waals surface area contributed by atoms with E-state index >= 15 is 0 Å². The zero-order chi connectivity index (χ0) is 13.8. The second-order valence-corrected chi connectivity index (χ2v) is 4.94. The summed E-state index contributed by atoms with van der Waals surface area (Å²) in [6, 6.07) is 7.83. The van der Waals surface area contributed by atoms with Crippen molar-refractivity contribution < 1.29 is 9.59 Å². The highest BCUT2D eigenvalue weighted by Gasteiger charge is 2.25. The van der Waals surface area contributed by atoms with E-state index in [-0.39, 0.29) is 17.9 Å². The summed E-state index contributed by atoms with van der Waals surface area (Å²) in [6.07, 6.45) is 2.51. The van der Waals surface area contributed by atoms with E-state index in [4.69, 9.17) is 0 Å². The molecule has 1 saturated heterocycles. The second-order valence-electron chi connectivity index (χ2n) is 4.94. The third-order valence-electron chi connectivity index (χ3n) is 3.59. The molecular weight excluding hydrogens is 240 g/mol. The maximum absolute atomic E-state index is 12.1. The van der Waals surface area contributed by atoms with Crippen molar-refractivity contribution in [3.63, 3.8) is 0 Å². The molecule has 4 nitrogen and oxygen atoms in total. The van der Waals surface area contributed by atoms with Gasteiger partial charge in [-0.2, -0.15) is 0 Å². The Morgan fingerprint density at radius 3 is 2.37 bits per heavy atom. The highest BCUT2D eigenvalue weighted by Crippen LogP contribution is 2.24. The van der Waals surface area contributed by atoms with Gasteiger partial charge in [0.1, 0.15) is 0 Å². The summed E-state index contributed by atoms with van der Waals surface area (Å²) < 4.78 is 0. The number of nitrogens with one attached hydrogen (secondary N) is 1. The number of benzene rings is 1. The molecule has 1 N–H and O–H groups in total. The van der Waals surface area contributed by atoms with Crippen molar-refractivity contribution >= 4 is 17.5 Å². The van der Waals surface area contributed by atoms with Crippen LogP contribution in [0.5, 0.6) is 0 Å². The maximum atomic E-state index is 12.1. The zero-order valence-electron chi connectivity index (χ0n) is 11.5. The number of anilines is 1. The van der Waals surface area contributed by atoms with Gasteiger partial charge in [0.05, 0.1) is 5.69 Å². The molecule has 4 heteroatoms. The van der Waals surface area contributed by atoms with Crippen LogP contribution in [0, 0.1) is 0 Å². The van der Waals surface area contributed by atoms with E-state index in [1.165, 1.54) is 4.90 Å². The molecule has 19 heavy (non-hydrogen) atoms. The average molecular weight is 260 g/mol. The number of nitrogens with zero attached hydrogens (tertiary/aromatic N) is 1. The summed E-state index contributed by atoms with van der Waals surface area (Å²) in [5.41, 5.74) is 1.77. The SMILES string of the molecule is CNC(C)c1cccc(N2C(=O)CCCCC2=O)c1. The molecule has 2 amide bonds. The Morgan fingerprint density at radius 1 is 1.16 bits per heavy atom. The molecule has 1 heterocycles. The van der Waals surface area contributed by atoms with E-state index in [2.05, 4.69) is 5.32 Å². The molecule has 1 aromatic rings. The molecule has 1 atom stereocenters. The molecule has 1 unspecified atom stereocenters. The summed E-state index contributed by atoms with van der Waals surface area (Å²) in [5, 5.41) is 3.16. The quantitative estimate of drug-likeness (QED) is 0.849. The van der Waals surface area contributed by atoms with Crippen molar-refractivity contribution in [2.45, 2.75) is 38.6 Å². The summed E-state index contributed by atoms with van der Waals surface area (Å²) in [7, 11) is 1.89. The Balaban J connectivity index is 2.33. The van der Waals surface area contributed by atoms with Gasteiger partial charge in [0.2, 0.25) is 11.8 Å². The second kappa shape index (κ2) is 5.97. The number of hydrogen-bond donors (Lipinski definition) is 1. The molecular formula is C15H20N2O2. The highest BCUT2D eigenvalue weighted by molar-refractivity contribution is 6.15. The predicted molar refractivity (Wildman–Crippen MR) is 74.9 cm³/mol. The van der Waals surface area contributed by atoms with Gasteiger partial charge in [-0.05, 0) is 44.5 Å². The van der Waals surface area contributed by atoms with Crippen LogP contribution < -0.4 is 10.2 Å². The lowest BCUT2D eigenvalue weighted by molar-refractivity contribution is -0.125. The van der Waals surface area contributed by atoms with Gasteiger partial charge >= 0.3 is 0 Å². The third-order valence-corrected chi connectivity index (χ3v) is 3.59. The molecule has 1 fully saturated rings. The number of carbonyl (C=O) groups is 2. The van der Waals surface area contributed by atoms with Crippen LogP contribution in [0.25, 0.3) is 0 Å². The van der Waals surface area contributed by atoms with Crippen molar-refractivity contribution in [1.82, 2.24) is 5.32 Å². The molecule has 1 aliphatic heterocycles. The molecule has 0 saturated carbocycles. The molecule has 0 aromatic heterocycles. The zero-order valence-corrected chi connectivity index (χ0v) is 11.5. The van der Waals surface area contributed by atoms with Crippen molar-refractivity contribution in [2.24, 2.45) is 0 Å². The molecule has 0 radical (unpaired) electrons. The molecule has 0 bridgehead atoms. The molecule has 0 spiro atoms. The van der Waals surface area contributed by atoms with E-state index in [0.717, 1.165) is 18.4 Å². The Kier molecular flexibility index (Phi) is 4.32. The predicted octanol–water partition coefficient (Wildman–Crippen LogP) is 2.40. The summed E-state index contributed by atoms with van der Waals surface area (Å²) in [6.45, 7) is 2.05. The van der Waals surface area contributed by atoms with Crippen LogP contribution in [0.3, 0.4) is 0 Å². The average Bonchev–Trinajstić information content (AvgIpc) is 2.59. The standard InChI is InChI=1S/C15H20N2O2/c1-11(16-2)12-6-5-7-13(10-12)17-14(18)8-3-4-9-15(17)19/h5-7,10-11,16H,3-4,8-9H2,1-2H3. The molecule has 2 rings (SSSR count). The first-order valence-electron chi connectivity index (χ1n) is 6.76. The monoisotopic (exact) mass is 260 g/mol. The fraction of sp³-hybridized carbons (Fsp3) is 0.467. The number of hydrogen-bond acceptors (Lipinski definition) is 3. The van der Waals surface area contributed by atoms with Gasteiger partial charge in [-0.1, -0.05) is 12.1 Å². The van der Waals surface area contributed by atoms with Gasteiger partial charge in [0, 0.05) is 18.9 Å². The van der Waals surface area contributed by atoms with E-state index in [1.807, 2.05) is 38.2 Å². The van der Waals surface area contributed by atoms with Crippen LogP contribution in [0.4, 0.5) is 5.69 Å². The summed E-state index contributed by atoms with van der Waals surface area (Å²) >= 11 is 0. The van der Waals surface area contributed by atoms with Gasteiger partial charge < -0.3 is 5.32 Å². The fourth-order valence-corrected chi connectivity index (χ4v) is 2.30. The topological polar surface area (TPSA) is 49.4 Å². The minimum atomic E-state index is -0.0863. The molecule has 102 valence electrons. The first-order valence-corrected chi connectivity index (χ1v) is 6.76. The van der Waals surface area contributed by atoms with Crippen LogP contribution in [-0.4, -0.2) is 18.9 Å². The van der Waals surface area contributed by atoms with Crippen molar-refractivity contribution in [1.29, 1.82) is 0 Å². The van der Waals surface area contributed by atoms with Gasteiger partial charge in [-0.3, -0.25) is 14.5 Å². The summed E-state index contributed by atoms with van der Waals surface area (Å²) in [5.74, 6) is -0.173. The molecule has 1 aliphatic rings. The number of rotatable bonds is 3. The van der Waals surface area contributed by atoms with Crippen LogP contribution >= 0.6 is 0 Å². The minimum Gasteiger partial charge on any atom is -0.313 e. The Hall–Kier alpha value is -1.68. The van der Waals surface area contributed by atoms with Crippen LogP contribution in [0.1, 0.15) is 44.2 Å². The lowest BCUT2D eigenvalue weighted by Gasteiger charge is -2.20. The van der Waals surface area contributed by atoms with E-state index in [0.29, 0.717) is 18.5 Å². The van der Waals surface area contributed by atoms with E-state index < -0.39 is 0 Å². The molecule has 1 aromatic carbocycles. The normalized spacial score (nSPS) is 18.3.